The zero-order valence-electron chi connectivity index (χ0n) is 12.4. The van der Waals surface area contributed by atoms with Gasteiger partial charge in [-0.15, -0.1) is 0 Å². The fourth-order valence-electron chi connectivity index (χ4n) is 2.55. The molecule has 0 aromatic carbocycles. The Morgan fingerprint density at radius 2 is 2.11 bits per heavy atom. The molecule has 1 heterocycles. The minimum atomic E-state index is 0.300. The van der Waals surface area contributed by atoms with Gasteiger partial charge in [-0.2, -0.15) is 5.10 Å². The van der Waals surface area contributed by atoms with E-state index in [0.29, 0.717) is 12.0 Å². The first kappa shape index (κ1) is 15.0. The lowest BCUT2D eigenvalue weighted by Crippen LogP contribution is -2.27. The van der Waals surface area contributed by atoms with Crippen LogP contribution in [-0.2, 0) is 6.54 Å². The van der Waals surface area contributed by atoms with Gasteiger partial charge in [0, 0.05) is 6.54 Å². The minimum Gasteiger partial charge on any atom is -0.493 e. The van der Waals surface area contributed by atoms with Crippen molar-refractivity contribution in [1.82, 2.24) is 15.1 Å². The molecule has 0 fully saturated rings. The van der Waals surface area contributed by atoms with Crippen LogP contribution in [0.25, 0.3) is 0 Å². The molecule has 0 aliphatic heterocycles. The third-order valence-electron chi connectivity index (χ3n) is 3.42. The van der Waals surface area contributed by atoms with Crippen molar-refractivity contribution in [3.05, 3.63) is 11.9 Å². The molecule has 0 aliphatic rings. The van der Waals surface area contributed by atoms with Crippen molar-refractivity contribution >= 4 is 0 Å². The number of ether oxygens (including phenoxy) is 1. The summed E-state index contributed by atoms with van der Waals surface area (Å²) in [5.74, 6) is 1.46. The molecule has 104 valence electrons. The molecule has 0 spiro atoms. The van der Waals surface area contributed by atoms with E-state index in [4.69, 9.17) is 4.74 Å². The second kappa shape index (κ2) is 7.41. The summed E-state index contributed by atoms with van der Waals surface area (Å²) in [5, 5.41) is 7.86. The highest BCUT2D eigenvalue weighted by molar-refractivity contribution is 5.28. The molecule has 1 aromatic heterocycles. The third-order valence-corrected chi connectivity index (χ3v) is 3.42. The normalized spacial score (nSPS) is 14.5. The second-order valence-electron chi connectivity index (χ2n) is 4.85. The Labute approximate surface area is 111 Å². The first-order valence-corrected chi connectivity index (χ1v) is 6.96. The van der Waals surface area contributed by atoms with Gasteiger partial charge in [-0.25, -0.2) is 0 Å². The van der Waals surface area contributed by atoms with E-state index >= 15 is 0 Å². The van der Waals surface area contributed by atoms with E-state index in [2.05, 4.69) is 35.9 Å². The Kier molecular flexibility index (Phi) is 6.19. The molecule has 0 bridgehead atoms. The van der Waals surface area contributed by atoms with Crippen molar-refractivity contribution in [2.24, 2.45) is 5.92 Å². The standard InChI is InChI=1S/C14H27N3O/c1-6-8-11(3)13(15-4)14-12(18-5)10-16-17(14)9-7-2/h10-11,13,15H,6-9H2,1-5H3. The van der Waals surface area contributed by atoms with Gasteiger partial charge in [0.15, 0.2) is 5.75 Å². The predicted molar refractivity (Wildman–Crippen MR) is 74.9 cm³/mol. The van der Waals surface area contributed by atoms with Crippen LogP contribution in [0.4, 0.5) is 0 Å². The Hall–Kier alpha value is -1.03. The molecule has 4 heteroatoms. The van der Waals surface area contributed by atoms with E-state index < -0.39 is 0 Å². The molecule has 0 amide bonds. The van der Waals surface area contributed by atoms with Crippen LogP contribution in [0.2, 0.25) is 0 Å². The van der Waals surface area contributed by atoms with Crippen LogP contribution >= 0.6 is 0 Å². The van der Waals surface area contributed by atoms with E-state index in [-0.39, 0.29) is 0 Å². The molecule has 4 nitrogen and oxygen atoms in total. The molecule has 0 radical (unpaired) electrons. The Morgan fingerprint density at radius 1 is 1.39 bits per heavy atom. The quantitative estimate of drug-likeness (QED) is 0.774. The monoisotopic (exact) mass is 253 g/mol. The number of hydrogen-bond acceptors (Lipinski definition) is 3. The number of rotatable bonds is 8. The maximum Gasteiger partial charge on any atom is 0.161 e. The molecule has 18 heavy (non-hydrogen) atoms. The van der Waals surface area contributed by atoms with E-state index in [1.165, 1.54) is 18.5 Å². The van der Waals surface area contributed by atoms with Gasteiger partial charge >= 0.3 is 0 Å². The van der Waals surface area contributed by atoms with Crippen molar-refractivity contribution in [3.63, 3.8) is 0 Å². The summed E-state index contributed by atoms with van der Waals surface area (Å²) in [4.78, 5) is 0. The predicted octanol–water partition coefficient (Wildman–Crippen LogP) is 3.00. The zero-order valence-corrected chi connectivity index (χ0v) is 12.4. The highest BCUT2D eigenvalue weighted by Gasteiger charge is 2.24. The zero-order chi connectivity index (χ0) is 13.5. The van der Waals surface area contributed by atoms with Crippen molar-refractivity contribution < 1.29 is 4.74 Å². The lowest BCUT2D eigenvalue weighted by molar-refractivity contribution is 0.337. The van der Waals surface area contributed by atoms with E-state index in [1.807, 2.05) is 13.2 Å². The van der Waals surface area contributed by atoms with Crippen LogP contribution in [0.5, 0.6) is 5.75 Å². The fraction of sp³-hybridized carbons (Fsp3) is 0.786. The molecule has 1 N–H and O–H groups in total. The maximum absolute atomic E-state index is 5.46. The fourth-order valence-corrected chi connectivity index (χ4v) is 2.55. The van der Waals surface area contributed by atoms with Crippen LogP contribution < -0.4 is 10.1 Å². The van der Waals surface area contributed by atoms with Crippen LogP contribution in [0, 0.1) is 5.92 Å². The largest absolute Gasteiger partial charge is 0.493 e. The first-order chi connectivity index (χ1) is 8.69. The van der Waals surface area contributed by atoms with Gasteiger partial charge in [0.25, 0.3) is 0 Å². The summed E-state index contributed by atoms with van der Waals surface area (Å²) < 4.78 is 7.54. The van der Waals surface area contributed by atoms with Crippen molar-refractivity contribution in [2.75, 3.05) is 14.2 Å². The van der Waals surface area contributed by atoms with Gasteiger partial charge in [0.2, 0.25) is 0 Å². The van der Waals surface area contributed by atoms with Gasteiger partial charge in [-0.1, -0.05) is 27.2 Å². The highest BCUT2D eigenvalue weighted by atomic mass is 16.5. The minimum absolute atomic E-state index is 0.300. The van der Waals surface area contributed by atoms with E-state index in [1.54, 1.807) is 7.11 Å². The third kappa shape index (κ3) is 3.25. The second-order valence-corrected chi connectivity index (χ2v) is 4.85. The summed E-state index contributed by atoms with van der Waals surface area (Å²) in [6.07, 6.45) is 5.31. The number of hydrogen-bond donors (Lipinski definition) is 1. The van der Waals surface area contributed by atoms with Crippen LogP contribution in [0.3, 0.4) is 0 Å². The summed E-state index contributed by atoms with van der Waals surface area (Å²) >= 11 is 0. The van der Waals surface area contributed by atoms with Gasteiger partial charge < -0.3 is 10.1 Å². The van der Waals surface area contributed by atoms with E-state index in [0.717, 1.165) is 18.7 Å². The molecule has 2 unspecified atom stereocenters. The Balaban J connectivity index is 3.04. The number of nitrogens with zero attached hydrogens (tertiary/aromatic N) is 2. The summed E-state index contributed by atoms with van der Waals surface area (Å²) in [7, 11) is 3.73. The van der Waals surface area contributed by atoms with Crippen LogP contribution in [-0.4, -0.2) is 23.9 Å². The SMILES string of the molecule is CCCC(C)C(NC)c1c(OC)cnn1CCC. The average Bonchev–Trinajstić information content (AvgIpc) is 2.74. The number of aryl methyl sites for hydroxylation is 1. The first-order valence-electron chi connectivity index (χ1n) is 6.96. The van der Waals surface area contributed by atoms with Crippen molar-refractivity contribution in [3.8, 4) is 5.75 Å². The molecular weight excluding hydrogens is 226 g/mol. The van der Waals surface area contributed by atoms with Gasteiger partial charge in [0.1, 0.15) is 0 Å². The smallest absolute Gasteiger partial charge is 0.161 e. The van der Waals surface area contributed by atoms with Crippen LogP contribution in [0.15, 0.2) is 6.20 Å². The summed E-state index contributed by atoms with van der Waals surface area (Å²) in [6.45, 7) is 7.62. The van der Waals surface area contributed by atoms with Gasteiger partial charge in [0.05, 0.1) is 25.0 Å². The summed E-state index contributed by atoms with van der Waals surface area (Å²) in [5.41, 5.74) is 1.18. The molecule has 0 saturated carbocycles. The molecule has 2 atom stereocenters. The van der Waals surface area contributed by atoms with Crippen molar-refractivity contribution in [1.29, 1.82) is 0 Å². The Bertz CT molecular complexity index is 349. The lowest BCUT2D eigenvalue weighted by Gasteiger charge is -2.25. The lowest BCUT2D eigenvalue weighted by atomic mass is 9.94. The van der Waals surface area contributed by atoms with Crippen molar-refractivity contribution in [2.45, 2.75) is 52.6 Å². The summed E-state index contributed by atoms with van der Waals surface area (Å²) in [6, 6.07) is 0.300. The number of aromatic nitrogens is 2. The van der Waals surface area contributed by atoms with Crippen LogP contribution in [0.1, 0.15) is 51.8 Å². The number of nitrogens with one attached hydrogen (secondary N) is 1. The van der Waals surface area contributed by atoms with Gasteiger partial charge in [-0.05, 0) is 25.8 Å². The molecule has 0 aliphatic carbocycles. The van der Waals surface area contributed by atoms with E-state index in [9.17, 15) is 0 Å². The molecular formula is C14H27N3O. The molecule has 1 aromatic rings. The number of methoxy groups -OCH3 is 1. The van der Waals surface area contributed by atoms with Gasteiger partial charge in [-0.3, -0.25) is 4.68 Å². The average molecular weight is 253 g/mol. The molecule has 1 rings (SSSR count). The molecule has 0 saturated heterocycles. The topological polar surface area (TPSA) is 39.1 Å². The maximum atomic E-state index is 5.46. The highest BCUT2D eigenvalue weighted by Crippen LogP contribution is 2.32. The Morgan fingerprint density at radius 3 is 2.61 bits per heavy atom.